The van der Waals surface area contributed by atoms with Crippen LogP contribution in [0.15, 0.2) is 12.2 Å². The monoisotopic (exact) mass is 232 g/mol. The van der Waals surface area contributed by atoms with Crippen molar-refractivity contribution in [3.8, 4) is 0 Å². The van der Waals surface area contributed by atoms with E-state index in [1.54, 1.807) is 0 Å². The predicted octanol–water partition coefficient (Wildman–Crippen LogP) is 3.67. The molecule has 0 heterocycles. The Kier molecular flexibility index (Phi) is 10.8. The Morgan fingerprint density at radius 2 is 2.00 bits per heavy atom. The number of rotatable bonds is 4. The summed E-state index contributed by atoms with van der Waals surface area (Å²) >= 11 is 2.21. The van der Waals surface area contributed by atoms with E-state index in [0.29, 0.717) is 6.61 Å². The van der Waals surface area contributed by atoms with Crippen LogP contribution in [0.5, 0.6) is 0 Å². The number of allylic oxidation sites excluding steroid dienone is 1. The van der Waals surface area contributed by atoms with Crippen LogP contribution in [0.2, 0.25) is 5.09 Å². The molecule has 1 fully saturated rings. The van der Waals surface area contributed by atoms with E-state index in [0.717, 1.165) is 25.7 Å². The SMILES string of the molecule is C=C1CCC(C(=O)OCC)CC1.[Li][CH2]CCC. The zero-order chi connectivity index (χ0) is 13.1. The topological polar surface area (TPSA) is 26.3 Å². The summed E-state index contributed by atoms with van der Waals surface area (Å²) in [6, 6.07) is 0. The molecule has 0 atom stereocenters. The molecule has 0 aliphatic heterocycles. The van der Waals surface area contributed by atoms with Crippen molar-refractivity contribution >= 4 is 23.7 Å². The number of ether oxygens (including phenoxy) is 1. The average Bonchev–Trinajstić information content (AvgIpc) is 2.32. The van der Waals surface area contributed by atoms with Crippen LogP contribution in [0.25, 0.3) is 0 Å². The summed E-state index contributed by atoms with van der Waals surface area (Å²) in [5.41, 5.74) is 1.27. The molecule has 2 nitrogen and oxygen atoms in total. The van der Waals surface area contributed by atoms with Gasteiger partial charge in [-0.15, -0.1) is 0 Å². The number of carbonyl (C=O) groups is 1. The Morgan fingerprint density at radius 1 is 1.41 bits per heavy atom. The van der Waals surface area contributed by atoms with Gasteiger partial charge in [-0.25, -0.2) is 0 Å². The Hall–Kier alpha value is -0.193. The zero-order valence-corrected chi connectivity index (χ0v) is 11.8. The summed E-state index contributed by atoms with van der Waals surface area (Å²) in [5.74, 6) is 0.112. The van der Waals surface area contributed by atoms with Gasteiger partial charge in [0.25, 0.3) is 0 Å². The van der Waals surface area contributed by atoms with E-state index in [-0.39, 0.29) is 11.9 Å². The van der Waals surface area contributed by atoms with Crippen LogP contribution in [-0.2, 0) is 9.53 Å². The molecule has 0 aromatic rings. The van der Waals surface area contributed by atoms with Crippen LogP contribution in [-0.4, -0.2) is 30.3 Å². The quantitative estimate of drug-likeness (QED) is 0.420. The number of hydrogen-bond acceptors (Lipinski definition) is 2. The van der Waals surface area contributed by atoms with Gasteiger partial charge in [0.2, 0.25) is 0 Å². The molecule has 94 valence electrons. The molecule has 1 saturated carbocycles. The van der Waals surface area contributed by atoms with Crippen LogP contribution in [0.4, 0.5) is 0 Å². The minimum absolute atomic E-state index is 0.0231. The van der Waals surface area contributed by atoms with E-state index in [1.165, 1.54) is 23.5 Å². The van der Waals surface area contributed by atoms with E-state index in [1.807, 2.05) is 6.92 Å². The Morgan fingerprint density at radius 3 is 2.35 bits per heavy atom. The van der Waals surface area contributed by atoms with Gasteiger partial charge >= 0.3 is 48.5 Å². The van der Waals surface area contributed by atoms with Crippen molar-refractivity contribution in [3.05, 3.63) is 12.2 Å². The fourth-order valence-electron chi connectivity index (χ4n) is 1.88. The van der Waals surface area contributed by atoms with Crippen LogP contribution in [0.1, 0.15) is 52.4 Å². The molecule has 0 bridgehead atoms. The Labute approximate surface area is 115 Å². The second kappa shape index (κ2) is 10.9. The average molecular weight is 232 g/mol. The maximum absolute atomic E-state index is 11.3. The Balaban J connectivity index is 0.000000437. The molecule has 0 amide bonds. The van der Waals surface area contributed by atoms with Gasteiger partial charge in [0, 0.05) is 0 Å². The molecule has 0 unspecified atom stereocenters. The minimum atomic E-state index is -0.0231. The number of carbonyl (C=O) groups excluding carboxylic acids is 1. The molecule has 0 spiro atoms. The van der Waals surface area contributed by atoms with E-state index in [9.17, 15) is 4.79 Å². The molecule has 1 aliphatic rings. The second-order valence-corrected chi connectivity index (χ2v) is 4.63. The van der Waals surface area contributed by atoms with E-state index < -0.39 is 0 Å². The molecule has 17 heavy (non-hydrogen) atoms. The molecule has 0 aromatic carbocycles. The molecule has 0 radical (unpaired) electrons. The van der Waals surface area contributed by atoms with Gasteiger partial charge in [-0.3, -0.25) is 4.79 Å². The van der Waals surface area contributed by atoms with Gasteiger partial charge in [-0.1, -0.05) is 12.2 Å². The van der Waals surface area contributed by atoms with Crippen molar-refractivity contribution in [1.82, 2.24) is 0 Å². The first-order valence-electron chi connectivity index (χ1n) is 6.98. The first-order valence-corrected chi connectivity index (χ1v) is 6.98. The van der Waals surface area contributed by atoms with Crippen LogP contribution < -0.4 is 0 Å². The van der Waals surface area contributed by atoms with Crippen molar-refractivity contribution in [2.24, 2.45) is 5.92 Å². The number of unbranched alkanes of at least 4 members (excludes halogenated alkanes) is 1. The molecular formula is C14H25LiO2. The third-order valence-electron chi connectivity index (χ3n) is 3.02. The molecule has 0 aromatic heterocycles. The molecule has 1 rings (SSSR count). The summed E-state index contributed by atoms with van der Waals surface area (Å²) in [6.07, 6.45) is 6.57. The van der Waals surface area contributed by atoms with E-state index in [4.69, 9.17) is 4.74 Å². The Bertz CT molecular complexity index is 214. The molecule has 0 saturated heterocycles. The normalized spacial score (nSPS) is 16.1. The summed E-state index contributed by atoms with van der Waals surface area (Å²) in [4.78, 5) is 11.3. The van der Waals surface area contributed by atoms with Crippen molar-refractivity contribution in [3.63, 3.8) is 0 Å². The zero-order valence-electron chi connectivity index (χ0n) is 11.8. The van der Waals surface area contributed by atoms with E-state index >= 15 is 0 Å². The molecule has 1 aliphatic carbocycles. The van der Waals surface area contributed by atoms with Gasteiger partial charge in [0.15, 0.2) is 0 Å². The third kappa shape index (κ3) is 8.52. The molecule has 3 heteroatoms. The number of hydrogen-bond donors (Lipinski definition) is 0. The molecule has 0 N–H and O–H groups in total. The van der Waals surface area contributed by atoms with Gasteiger partial charge in [-0.2, -0.15) is 0 Å². The molecular weight excluding hydrogens is 207 g/mol. The first-order chi connectivity index (χ1) is 8.15. The first kappa shape index (κ1) is 16.8. The predicted molar refractivity (Wildman–Crippen MR) is 73.2 cm³/mol. The van der Waals surface area contributed by atoms with Crippen LogP contribution >= 0.6 is 0 Å². The van der Waals surface area contributed by atoms with Crippen molar-refractivity contribution in [2.45, 2.75) is 57.5 Å². The van der Waals surface area contributed by atoms with Crippen molar-refractivity contribution < 1.29 is 9.53 Å². The summed E-state index contributed by atoms with van der Waals surface area (Å²) in [5, 5.41) is 1.34. The van der Waals surface area contributed by atoms with Crippen LogP contribution in [0, 0.1) is 5.92 Å². The third-order valence-corrected chi connectivity index (χ3v) is 3.02. The summed E-state index contributed by atoms with van der Waals surface area (Å²) in [7, 11) is 0. The van der Waals surface area contributed by atoms with Crippen molar-refractivity contribution in [1.29, 1.82) is 0 Å². The van der Waals surface area contributed by atoms with Gasteiger partial charge < -0.3 is 4.74 Å². The second-order valence-electron chi connectivity index (χ2n) is 4.63. The number of esters is 1. The fraction of sp³-hybridized carbons (Fsp3) is 0.786. The van der Waals surface area contributed by atoms with Crippen molar-refractivity contribution in [2.75, 3.05) is 6.61 Å². The summed E-state index contributed by atoms with van der Waals surface area (Å²) < 4.78 is 4.95. The van der Waals surface area contributed by atoms with Gasteiger partial charge in [-0.05, 0) is 32.6 Å². The van der Waals surface area contributed by atoms with Gasteiger partial charge in [0.1, 0.15) is 0 Å². The van der Waals surface area contributed by atoms with Crippen LogP contribution in [0.3, 0.4) is 0 Å². The maximum atomic E-state index is 11.3. The van der Waals surface area contributed by atoms with E-state index in [2.05, 4.69) is 31.2 Å². The fourth-order valence-corrected chi connectivity index (χ4v) is 1.88. The van der Waals surface area contributed by atoms with Gasteiger partial charge in [0.05, 0.1) is 12.5 Å². The standard InChI is InChI=1S/C10H16O2.C4H9.Li/c1-3-12-10(11)9-6-4-8(2)5-7-9;1-3-4-2;/h9H,2-7H2,1H3;1,3-4H2,2H3;. The summed E-state index contributed by atoms with van der Waals surface area (Å²) in [6.45, 7) is 8.46.